The van der Waals surface area contributed by atoms with E-state index in [0.717, 1.165) is 23.4 Å². The van der Waals surface area contributed by atoms with Crippen molar-refractivity contribution in [1.82, 2.24) is 15.8 Å². The van der Waals surface area contributed by atoms with Gasteiger partial charge in [0.05, 0.1) is 24.4 Å². The summed E-state index contributed by atoms with van der Waals surface area (Å²) in [5.74, 6) is 0.721. The molecule has 0 fully saturated rings. The molecule has 0 spiro atoms. The number of rotatable bonds is 6. The van der Waals surface area contributed by atoms with E-state index in [1.54, 1.807) is 0 Å². The highest BCUT2D eigenvalue weighted by Crippen LogP contribution is 2.23. The quantitative estimate of drug-likeness (QED) is 0.735. The van der Waals surface area contributed by atoms with Gasteiger partial charge in [-0.3, -0.25) is 0 Å². The molecular formula is C13H23N3O3. The van der Waals surface area contributed by atoms with Gasteiger partial charge < -0.3 is 20.3 Å². The average Bonchev–Trinajstić information content (AvgIpc) is 2.73. The molecule has 6 nitrogen and oxygen atoms in total. The number of aromatic nitrogens is 1. The van der Waals surface area contributed by atoms with E-state index in [9.17, 15) is 4.79 Å². The molecule has 2 unspecified atom stereocenters. The second kappa shape index (κ2) is 7.13. The molecule has 0 saturated heterocycles. The Morgan fingerprint density at radius 2 is 2.00 bits per heavy atom. The van der Waals surface area contributed by atoms with Crippen molar-refractivity contribution in [3.8, 4) is 0 Å². The van der Waals surface area contributed by atoms with E-state index in [1.807, 2.05) is 27.7 Å². The molecule has 6 heteroatoms. The number of nitrogens with zero attached hydrogens (tertiary/aromatic N) is 1. The van der Waals surface area contributed by atoms with E-state index in [0.29, 0.717) is 6.42 Å². The van der Waals surface area contributed by atoms with Crippen LogP contribution in [0.2, 0.25) is 0 Å². The number of nitrogens with one attached hydrogen (secondary N) is 2. The Balaban J connectivity index is 2.70. The minimum atomic E-state index is -0.284. The summed E-state index contributed by atoms with van der Waals surface area (Å²) in [6.45, 7) is 7.52. The molecule has 19 heavy (non-hydrogen) atoms. The van der Waals surface area contributed by atoms with Crippen molar-refractivity contribution in [3.05, 3.63) is 17.0 Å². The third kappa shape index (κ3) is 3.96. The Labute approximate surface area is 113 Å². The Bertz CT molecular complexity index is 394. The molecule has 3 N–H and O–H groups in total. The van der Waals surface area contributed by atoms with Gasteiger partial charge in [-0.2, -0.15) is 0 Å². The first-order valence-corrected chi connectivity index (χ1v) is 6.64. The largest absolute Gasteiger partial charge is 0.394 e. The van der Waals surface area contributed by atoms with E-state index < -0.39 is 0 Å². The van der Waals surface area contributed by atoms with Gasteiger partial charge >= 0.3 is 6.03 Å². The summed E-state index contributed by atoms with van der Waals surface area (Å²) >= 11 is 0. The van der Waals surface area contributed by atoms with Crippen molar-refractivity contribution in [2.45, 2.75) is 52.6 Å². The van der Waals surface area contributed by atoms with Crippen molar-refractivity contribution >= 4 is 6.03 Å². The maximum atomic E-state index is 11.9. The summed E-state index contributed by atoms with van der Waals surface area (Å²) in [5, 5.41) is 18.6. The molecule has 1 rings (SSSR count). The Kier molecular flexibility index (Phi) is 5.82. The maximum absolute atomic E-state index is 11.9. The molecule has 108 valence electrons. The lowest BCUT2D eigenvalue weighted by molar-refractivity contribution is 0.211. The zero-order valence-corrected chi connectivity index (χ0v) is 12.0. The van der Waals surface area contributed by atoms with Crippen LogP contribution in [0, 0.1) is 13.8 Å². The molecule has 1 aromatic heterocycles. The van der Waals surface area contributed by atoms with Crippen molar-refractivity contribution in [1.29, 1.82) is 0 Å². The van der Waals surface area contributed by atoms with E-state index in [-0.39, 0.29) is 24.7 Å². The summed E-state index contributed by atoms with van der Waals surface area (Å²) in [6, 6.07) is -0.641. The van der Waals surface area contributed by atoms with Gasteiger partial charge in [0.1, 0.15) is 5.76 Å². The number of aliphatic hydroxyl groups excluding tert-OH is 1. The molecule has 0 aliphatic heterocycles. The van der Waals surface area contributed by atoms with E-state index in [4.69, 9.17) is 9.63 Å². The fraction of sp³-hybridized carbons (Fsp3) is 0.692. The van der Waals surface area contributed by atoms with Gasteiger partial charge in [-0.15, -0.1) is 0 Å². The van der Waals surface area contributed by atoms with Crippen LogP contribution in [0.15, 0.2) is 4.52 Å². The minimum absolute atomic E-state index is 0.0635. The number of carbonyl (C=O) groups excluding carboxylic acids is 1. The summed E-state index contributed by atoms with van der Waals surface area (Å²) in [7, 11) is 0. The molecule has 0 bridgehead atoms. The van der Waals surface area contributed by atoms with E-state index in [2.05, 4.69) is 15.8 Å². The van der Waals surface area contributed by atoms with Gasteiger partial charge in [-0.25, -0.2) is 4.79 Å². The highest BCUT2D eigenvalue weighted by Gasteiger charge is 2.21. The van der Waals surface area contributed by atoms with Gasteiger partial charge in [0.15, 0.2) is 0 Å². The topological polar surface area (TPSA) is 87.4 Å². The number of urea groups is 1. The van der Waals surface area contributed by atoms with Crippen LogP contribution in [0.3, 0.4) is 0 Å². The van der Waals surface area contributed by atoms with Crippen LogP contribution in [0.4, 0.5) is 4.79 Å². The number of aliphatic hydroxyl groups is 1. The molecule has 0 radical (unpaired) electrons. The monoisotopic (exact) mass is 269 g/mol. The van der Waals surface area contributed by atoms with Crippen molar-refractivity contribution in [3.63, 3.8) is 0 Å². The SMILES string of the molecule is CCC(CO)NC(=O)NC(CC)c1c(C)noc1C. The van der Waals surface area contributed by atoms with Gasteiger partial charge in [-0.05, 0) is 26.7 Å². The molecule has 1 aromatic rings. The van der Waals surface area contributed by atoms with Crippen LogP contribution in [0.1, 0.15) is 49.7 Å². The van der Waals surface area contributed by atoms with Crippen LogP contribution in [0.5, 0.6) is 0 Å². The fourth-order valence-electron chi connectivity index (χ4n) is 2.03. The van der Waals surface area contributed by atoms with E-state index >= 15 is 0 Å². The lowest BCUT2D eigenvalue weighted by Gasteiger charge is -2.20. The molecule has 0 aliphatic carbocycles. The third-order valence-corrected chi connectivity index (χ3v) is 3.20. The standard InChI is InChI=1S/C13H23N3O3/c1-5-10(7-17)14-13(18)15-11(6-2)12-8(3)16-19-9(12)4/h10-11,17H,5-7H2,1-4H3,(H2,14,15,18). The lowest BCUT2D eigenvalue weighted by Crippen LogP contribution is -2.44. The molecule has 2 amide bonds. The molecule has 2 atom stereocenters. The van der Waals surface area contributed by atoms with Gasteiger partial charge in [0, 0.05) is 5.56 Å². The predicted octanol–water partition coefficient (Wildman–Crippen LogP) is 1.81. The first-order chi connectivity index (χ1) is 9.03. The van der Waals surface area contributed by atoms with Crippen LogP contribution >= 0.6 is 0 Å². The summed E-state index contributed by atoms with van der Waals surface area (Å²) < 4.78 is 5.12. The number of amides is 2. The average molecular weight is 269 g/mol. The highest BCUT2D eigenvalue weighted by molar-refractivity contribution is 5.74. The molecule has 0 saturated carbocycles. The Morgan fingerprint density at radius 3 is 2.42 bits per heavy atom. The van der Waals surface area contributed by atoms with Gasteiger partial charge in [0.25, 0.3) is 0 Å². The number of aryl methyl sites for hydroxylation is 2. The van der Waals surface area contributed by atoms with Crippen LogP contribution in [-0.2, 0) is 0 Å². The number of hydrogen-bond acceptors (Lipinski definition) is 4. The Hall–Kier alpha value is -1.56. The lowest BCUT2D eigenvalue weighted by atomic mass is 10.0. The molecule has 0 aliphatic rings. The fourth-order valence-corrected chi connectivity index (χ4v) is 2.03. The highest BCUT2D eigenvalue weighted by atomic mass is 16.5. The zero-order valence-electron chi connectivity index (χ0n) is 12.0. The Morgan fingerprint density at radius 1 is 1.32 bits per heavy atom. The predicted molar refractivity (Wildman–Crippen MR) is 71.8 cm³/mol. The van der Waals surface area contributed by atoms with Crippen LogP contribution in [-0.4, -0.2) is 28.9 Å². The van der Waals surface area contributed by atoms with Gasteiger partial charge in [-0.1, -0.05) is 19.0 Å². The summed E-state index contributed by atoms with van der Waals surface area (Å²) in [6.07, 6.45) is 1.43. The normalized spacial score (nSPS) is 13.9. The number of hydrogen-bond donors (Lipinski definition) is 3. The second-order valence-electron chi connectivity index (χ2n) is 4.60. The molecule has 1 heterocycles. The van der Waals surface area contributed by atoms with Crippen molar-refractivity contribution in [2.75, 3.05) is 6.61 Å². The molecule has 0 aromatic carbocycles. The maximum Gasteiger partial charge on any atom is 0.315 e. The minimum Gasteiger partial charge on any atom is -0.394 e. The number of carbonyl (C=O) groups is 1. The zero-order chi connectivity index (χ0) is 14.4. The summed E-state index contributed by atoms with van der Waals surface area (Å²) in [5.41, 5.74) is 1.72. The van der Waals surface area contributed by atoms with Crippen LogP contribution in [0.25, 0.3) is 0 Å². The van der Waals surface area contributed by atoms with Gasteiger partial charge in [0.2, 0.25) is 0 Å². The van der Waals surface area contributed by atoms with Crippen LogP contribution < -0.4 is 10.6 Å². The third-order valence-electron chi connectivity index (χ3n) is 3.20. The first kappa shape index (κ1) is 15.5. The second-order valence-corrected chi connectivity index (χ2v) is 4.60. The summed E-state index contributed by atoms with van der Waals surface area (Å²) in [4.78, 5) is 11.9. The first-order valence-electron chi connectivity index (χ1n) is 6.64. The van der Waals surface area contributed by atoms with E-state index in [1.165, 1.54) is 0 Å². The smallest absolute Gasteiger partial charge is 0.315 e. The van der Waals surface area contributed by atoms with Crippen molar-refractivity contribution < 1.29 is 14.4 Å². The van der Waals surface area contributed by atoms with Crippen molar-refractivity contribution in [2.24, 2.45) is 0 Å². The molecular weight excluding hydrogens is 246 g/mol.